The molecular weight excluding hydrogens is 265 g/mol. The Bertz CT molecular complexity index is 597. The maximum Gasteiger partial charge on any atom is 0.352 e. The average Bonchev–Trinajstić information content (AvgIpc) is 2.37. The molecule has 0 aliphatic heterocycles. The molecular formula is C13H14NO4P. The van der Waals surface area contributed by atoms with E-state index in [9.17, 15) is 19.5 Å². The minimum atomic E-state index is -4.41. The van der Waals surface area contributed by atoms with Crippen LogP contribution in [0.2, 0.25) is 0 Å². The van der Waals surface area contributed by atoms with Gasteiger partial charge in [-0.2, -0.15) is 0 Å². The van der Waals surface area contributed by atoms with Crippen LogP contribution in [0.15, 0.2) is 54.6 Å². The Morgan fingerprint density at radius 3 is 2.11 bits per heavy atom. The van der Waals surface area contributed by atoms with Gasteiger partial charge in [0, 0.05) is 0 Å². The number of nitrogens with one attached hydrogen (secondary N) is 1. The van der Waals surface area contributed by atoms with Crippen LogP contribution in [0.3, 0.4) is 0 Å². The lowest BCUT2D eigenvalue weighted by Gasteiger charge is -2.21. The first-order valence-corrected chi connectivity index (χ1v) is 7.31. The van der Waals surface area contributed by atoms with E-state index in [1.165, 1.54) is 6.07 Å². The van der Waals surface area contributed by atoms with Crippen LogP contribution < -0.4 is 5.32 Å². The summed E-state index contributed by atoms with van der Waals surface area (Å²) in [5.41, 5.74) is 0.735. The molecule has 0 fully saturated rings. The first kappa shape index (κ1) is 13.6. The van der Waals surface area contributed by atoms with E-state index < -0.39 is 13.4 Å². The smallest absolute Gasteiger partial charge is 0.352 e. The normalized spacial score (nSPS) is 12.9. The maximum atomic E-state index is 11.6. The van der Waals surface area contributed by atoms with Gasteiger partial charge in [-0.1, -0.05) is 42.5 Å². The van der Waals surface area contributed by atoms with E-state index in [1.54, 1.807) is 48.5 Å². The zero-order valence-corrected chi connectivity index (χ0v) is 10.9. The third-order valence-electron chi connectivity index (χ3n) is 2.65. The molecule has 6 heteroatoms. The van der Waals surface area contributed by atoms with Crippen molar-refractivity contribution in [2.45, 2.75) is 5.78 Å². The van der Waals surface area contributed by atoms with Crippen molar-refractivity contribution in [1.29, 1.82) is 0 Å². The topological polar surface area (TPSA) is 89.8 Å². The summed E-state index contributed by atoms with van der Waals surface area (Å²) < 4.78 is 11.6. The fourth-order valence-electron chi connectivity index (χ4n) is 1.74. The Hall–Kier alpha value is -1.81. The number of hydrogen-bond donors (Lipinski definition) is 4. The number of para-hydroxylation sites is 2. The number of rotatable bonds is 4. The van der Waals surface area contributed by atoms with Gasteiger partial charge in [-0.15, -0.1) is 0 Å². The third-order valence-corrected chi connectivity index (χ3v) is 3.75. The van der Waals surface area contributed by atoms with Crippen molar-refractivity contribution in [3.63, 3.8) is 0 Å². The molecule has 0 aliphatic rings. The highest BCUT2D eigenvalue weighted by molar-refractivity contribution is 7.52. The molecule has 0 bridgehead atoms. The molecule has 0 heterocycles. The molecule has 0 saturated carbocycles. The van der Waals surface area contributed by atoms with E-state index in [4.69, 9.17) is 0 Å². The molecule has 2 aromatic rings. The van der Waals surface area contributed by atoms with E-state index in [-0.39, 0.29) is 11.4 Å². The van der Waals surface area contributed by atoms with Crippen molar-refractivity contribution in [3.05, 3.63) is 60.2 Å². The molecule has 2 rings (SSSR count). The van der Waals surface area contributed by atoms with Crippen molar-refractivity contribution in [1.82, 2.24) is 0 Å². The molecule has 2 aromatic carbocycles. The van der Waals surface area contributed by atoms with Gasteiger partial charge in [-0.3, -0.25) is 4.57 Å². The number of anilines is 1. The number of phenols is 1. The fourth-order valence-corrected chi connectivity index (χ4v) is 2.61. The van der Waals surface area contributed by atoms with Gasteiger partial charge in [0.15, 0.2) is 5.78 Å². The van der Waals surface area contributed by atoms with Gasteiger partial charge < -0.3 is 20.2 Å². The summed E-state index contributed by atoms with van der Waals surface area (Å²) in [5, 5.41) is 12.3. The minimum absolute atomic E-state index is 0.0584. The highest BCUT2D eigenvalue weighted by Gasteiger charge is 2.30. The Balaban J connectivity index is 2.36. The second kappa shape index (κ2) is 5.45. The number of phenolic OH excluding ortho intramolecular Hbond substituents is 1. The molecule has 5 nitrogen and oxygen atoms in total. The van der Waals surface area contributed by atoms with Crippen LogP contribution >= 0.6 is 7.60 Å². The average molecular weight is 279 g/mol. The number of hydrogen-bond acceptors (Lipinski definition) is 3. The van der Waals surface area contributed by atoms with Crippen LogP contribution in [0.25, 0.3) is 0 Å². The van der Waals surface area contributed by atoms with Crippen molar-refractivity contribution >= 4 is 13.3 Å². The molecule has 1 unspecified atom stereocenters. The van der Waals surface area contributed by atoms with Crippen LogP contribution in [0.4, 0.5) is 5.69 Å². The summed E-state index contributed by atoms with van der Waals surface area (Å²) in [6.45, 7) is 0. The summed E-state index contributed by atoms with van der Waals surface area (Å²) in [4.78, 5) is 18.9. The highest BCUT2D eigenvalue weighted by Crippen LogP contribution is 2.52. The molecule has 100 valence electrons. The molecule has 0 aliphatic carbocycles. The van der Waals surface area contributed by atoms with Crippen LogP contribution in [-0.2, 0) is 4.57 Å². The van der Waals surface area contributed by atoms with Gasteiger partial charge in [0.05, 0.1) is 5.69 Å². The quantitative estimate of drug-likeness (QED) is 0.510. The SMILES string of the molecule is O=P(O)(O)C(Nc1ccccc1O)c1ccccc1. The molecule has 0 spiro atoms. The largest absolute Gasteiger partial charge is 0.506 e. The molecule has 0 radical (unpaired) electrons. The molecule has 0 aromatic heterocycles. The molecule has 4 N–H and O–H groups in total. The van der Waals surface area contributed by atoms with Gasteiger partial charge >= 0.3 is 7.60 Å². The van der Waals surface area contributed by atoms with Crippen molar-refractivity contribution in [2.24, 2.45) is 0 Å². The van der Waals surface area contributed by atoms with Gasteiger partial charge in [-0.25, -0.2) is 0 Å². The van der Waals surface area contributed by atoms with Crippen LogP contribution in [0.5, 0.6) is 5.75 Å². The van der Waals surface area contributed by atoms with Crippen molar-refractivity contribution < 1.29 is 19.5 Å². The maximum absolute atomic E-state index is 11.6. The summed E-state index contributed by atoms with van der Waals surface area (Å²) in [6.07, 6.45) is 0. The summed E-state index contributed by atoms with van der Waals surface area (Å²) in [7, 11) is -4.41. The number of benzene rings is 2. The van der Waals surface area contributed by atoms with Gasteiger partial charge in [0.2, 0.25) is 0 Å². The Morgan fingerprint density at radius 1 is 0.947 bits per heavy atom. The van der Waals surface area contributed by atoms with Crippen LogP contribution in [0.1, 0.15) is 11.3 Å². The summed E-state index contributed by atoms with van der Waals surface area (Å²) in [6, 6.07) is 14.7. The first-order valence-electron chi connectivity index (χ1n) is 5.63. The lowest BCUT2D eigenvalue weighted by molar-refractivity contribution is 0.363. The van der Waals surface area contributed by atoms with E-state index in [1.807, 2.05) is 0 Å². The Kier molecular flexibility index (Phi) is 3.90. The van der Waals surface area contributed by atoms with Crippen molar-refractivity contribution in [2.75, 3.05) is 5.32 Å². The third kappa shape index (κ3) is 3.35. The van der Waals surface area contributed by atoms with Gasteiger partial charge in [0.1, 0.15) is 5.75 Å². The van der Waals surface area contributed by atoms with E-state index in [0.717, 1.165) is 0 Å². The molecule has 0 saturated heterocycles. The van der Waals surface area contributed by atoms with Gasteiger partial charge in [0.25, 0.3) is 0 Å². The zero-order chi connectivity index (χ0) is 13.9. The summed E-state index contributed by atoms with van der Waals surface area (Å²) >= 11 is 0. The van der Waals surface area contributed by atoms with E-state index >= 15 is 0 Å². The zero-order valence-electron chi connectivity index (χ0n) is 9.97. The molecule has 0 amide bonds. The van der Waals surface area contributed by atoms with Crippen LogP contribution in [-0.4, -0.2) is 14.9 Å². The Labute approximate surface area is 110 Å². The standard InChI is InChI=1S/C13H14NO4P/c15-12-9-5-4-8-11(12)14-13(19(16,17)18)10-6-2-1-3-7-10/h1-9,13-15H,(H2,16,17,18). The fraction of sp³-hybridized carbons (Fsp3) is 0.0769. The predicted molar refractivity (Wildman–Crippen MR) is 73.0 cm³/mol. The minimum Gasteiger partial charge on any atom is -0.506 e. The monoisotopic (exact) mass is 279 g/mol. The second-order valence-electron chi connectivity index (χ2n) is 4.06. The van der Waals surface area contributed by atoms with Crippen LogP contribution in [0, 0.1) is 0 Å². The van der Waals surface area contributed by atoms with E-state index in [0.29, 0.717) is 5.56 Å². The summed E-state index contributed by atoms with van der Waals surface area (Å²) in [5.74, 6) is -1.25. The first-order chi connectivity index (χ1) is 8.98. The second-order valence-corrected chi connectivity index (χ2v) is 5.76. The van der Waals surface area contributed by atoms with E-state index in [2.05, 4.69) is 5.32 Å². The Morgan fingerprint density at radius 2 is 1.53 bits per heavy atom. The number of aromatic hydroxyl groups is 1. The molecule has 1 atom stereocenters. The predicted octanol–water partition coefficient (Wildman–Crippen LogP) is 2.68. The van der Waals surface area contributed by atoms with Crippen molar-refractivity contribution in [3.8, 4) is 5.75 Å². The van der Waals surface area contributed by atoms with Gasteiger partial charge in [-0.05, 0) is 17.7 Å². The lowest BCUT2D eigenvalue weighted by atomic mass is 10.2. The molecule has 19 heavy (non-hydrogen) atoms. The highest BCUT2D eigenvalue weighted by atomic mass is 31.2. The lowest BCUT2D eigenvalue weighted by Crippen LogP contribution is -2.11.